The highest BCUT2D eigenvalue weighted by Crippen LogP contribution is 2.27. The Balaban J connectivity index is 1.74. The molecule has 4 rings (SSSR count). The van der Waals surface area contributed by atoms with E-state index in [1.54, 1.807) is 19.2 Å². The number of fused-ring (bicyclic) bond motifs is 3. The van der Waals surface area contributed by atoms with Crippen LogP contribution < -0.4 is 4.80 Å². The molecule has 0 saturated heterocycles. The highest BCUT2D eigenvalue weighted by Gasteiger charge is 2.10. The van der Waals surface area contributed by atoms with E-state index in [4.69, 9.17) is 4.74 Å². The van der Waals surface area contributed by atoms with Crippen LogP contribution in [-0.2, 0) is 16.1 Å². The van der Waals surface area contributed by atoms with E-state index in [9.17, 15) is 14.9 Å². The van der Waals surface area contributed by atoms with Gasteiger partial charge in [0.15, 0.2) is 4.80 Å². The third kappa shape index (κ3) is 4.45. The third-order valence-corrected chi connectivity index (χ3v) is 5.93. The van der Waals surface area contributed by atoms with Crippen molar-refractivity contribution in [2.75, 3.05) is 13.7 Å². The quantitative estimate of drug-likeness (QED) is 0.254. The van der Waals surface area contributed by atoms with Crippen LogP contribution in [0.5, 0.6) is 0 Å². The molecule has 0 spiro atoms. The zero-order valence-corrected chi connectivity index (χ0v) is 17.5. The number of benzene rings is 3. The van der Waals surface area contributed by atoms with Gasteiger partial charge in [0.1, 0.15) is 0 Å². The molecule has 0 N–H and O–H groups in total. The van der Waals surface area contributed by atoms with E-state index >= 15 is 0 Å². The molecule has 8 heteroatoms. The molecule has 156 valence electrons. The zero-order chi connectivity index (χ0) is 21.8. The van der Waals surface area contributed by atoms with Gasteiger partial charge in [0, 0.05) is 37.2 Å². The molecule has 0 fully saturated rings. The normalized spacial score (nSPS) is 12.2. The van der Waals surface area contributed by atoms with Crippen molar-refractivity contribution in [2.45, 2.75) is 6.54 Å². The number of aromatic nitrogens is 1. The number of non-ortho nitro benzene ring substituents is 1. The molecule has 0 aliphatic rings. The second-order valence-electron chi connectivity index (χ2n) is 6.80. The Bertz CT molecular complexity index is 1380. The van der Waals surface area contributed by atoms with Crippen molar-refractivity contribution < 1.29 is 14.5 Å². The van der Waals surface area contributed by atoms with Crippen LogP contribution in [0.1, 0.15) is 5.56 Å². The molecule has 31 heavy (non-hydrogen) atoms. The van der Waals surface area contributed by atoms with Gasteiger partial charge >= 0.3 is 0 Å². The number of carbonyl (C=O) groups excluding carboxylic acids is 1. The fourth-order valence-electron chi connectivity index (χ4n) is 3.32. The minimum absolute atomic E-state index is 0.0275. The smallest absolute Gasteiger partial charge is 0.272 e. The number of nitro benzene ring substituents is 1. The second-order valence-corrected chi connectivity index (χ2v) is 7.78. The predicted octanol–water partition coefficient (Wildman–Crippen LogP) is 4.55. The van der Waals surface area contributed by atoms with Crippen molar-refractivity contribution in [3.05, 3.63) is 87.2 Å². The van der Waals surface area contributed by atoms with E-state index in [-0.39, 0.29) is 5.69 Å². The van der Waals surface area contributed by atoms with Crippen molar-refractivity contribution in [3.63, 3.8) is 0 Å². The third-order valence-electron chi connectivity index (χ3n) is 4.80. The van der Waals surface area contributed by atoms with Crippen LogP contribution in [0, 0.1) is 10.1 Å². The Morgan fingerprint density at radius 2 is 2.03 bits per heavy atom. The maximum absolute atomic E-state index is 12.5. The van der Waals surface area contributed by atoms with Gasteiger partial charge in [0.05, 0.1) is 21.7 Å². The van der Waals surface area contributed by atoms with Gasteiger partial charge in [-0.15, -0.1) is 0 Å². The van der Waals surface area contributed by atoms with E-state index in [2.05, 4.69) is 23.2 Å². The topological polar surface area (TPSA) is 86.7 Å². The van der Waals surface area contributed by atoms with Crippen molar-refractivity contribution in [1.82, 2.24) is 4.57 Å². The average molecular weight is 433 g/mol. The lowest BCUT2D eigenvalue weighted by atomic mass is 10.1. The van der Waals surface area contributed by atoms with Crippen LogP contribution >= 0.6 is 11.3 Å². The number of hydrogen-bond acceptors (Lipinski definition) is 5. The summed E-state index contributed by atoms with van der Waals surface area (Å²) in [6.45, 7) is 1.05. The molecule has 1 amide bonds. The van der Waals surface area contributed by atoms with E-state index in [1.807, 2.05) is 22.8 Å². The molecule has 0 radical (unpaired) electrons. The monoisotopic (exact) mass is 433 g/mol. The molecule has 1 aromatic heterocycles. The van der Waals surface area contributed by atoms with Gasteiger partial charge in [-0.3, -0.25) is 14.9 Å². The molecule has 0 bridgehead atoms. The summed E-state index contributed by atoms with van der Waals surface area (Å²) in [5, 5.41) is 13.2. The number of carbonyl (C=O) groups is 1. The summed E-state index contributed by atoms with van der Waals surface area (Å²) in [5.41, 5.74) is 1.53. The minimum atomic E-state index is -0.468. The number of ether oxygens (including phenoxy) is 1. The first-order valence-electron chi connectivity index (χ1n) is 9.58. The lowest BCUT2D eigenvalue weighted by Gasteiger charge is -2.05. The SMILES string of the molecule is COCCn1c(=NC(=O)/C=C/c2cccc([N+](=O)[O-])c2)sc2c3ccccc3ccc21. The van der Waals surface area contributed by atoms with Gasteiger partial charge in [-0.05, 0) is 23.1 Å². The molecule has 4 aromatic rings. The largest absolute Gasteiger partial charge is 0.383 e. The lowest BCUT2D eigenvalue weighted by Crippen LogP contribution is -2.18. The summed E-state index contributed by atoms with van der Waals surface area (Å²) in [6.07, 6.45) is 2.85. The Labute approximate surface area is 181 Å². The summed E-state index contributed by atoms with van der Waals surface area (Å²) >= 11 is 1.46. The minimum Gasteiger partial charge on any atom is -0.383 e. The maximum atomic E-state index is 12.5. The summed E-state index contributed by atoms with van der Waals surface area (Å²) < 4.78 is 8.28. The number of methoxy groups -OCH3 is 1. The maximum Gasteiger partial charge on any atom is 0.272 e. The molecule has 0 atom stereocenters. The van der Waals surface area contributed by atoms with Crippen molar-refractivity contribution in [1.29, 1.82) is 0 Å². The second kappa shape index (κ2) is 9.03. The number of thiazole rings is 1. The van der Waals surface area contributed by atoms with Gasteiger partial charge in [0.2, 0.25) is 0 Å². The van der Waals surface area contributed by atoms with E-state index in [0.29, 0.717) is 23.5 Å². The number of hydrogen-bond donors (Lipinski definition) is 0. The van der Waals surface area contributed by atoms with Gasteiger partial charge in [-0.1, -0.05) is 53.8 Å². The zero-order valence-electron chi connectivity index (χ0n) is 16.7. The van der Waals surface area contributed by atoms with E-state index in [1.165, 1.54) is 35.6 Å². The first kappa shape index (κ1) is 20.6. The fourth-order valence-corrected chi connectivity index (χ4v) is 4.52. The Morgan fingerprint density at radius 1 is 1.19 bits per heavy atom. The molecule has 0 aliphatic heterocycles. The first-order chi connectivity index (χ1) is 15.1. The number of rotatable bonds is 6. The molecule has 0 aliphatic carbocycles. The molecule has 0 unspecified atom stereocenters. The Morgan fingerprint density at radius 3 is 2.84 bits per heavy atom. The molecule has 7 nitrogen and oxygen atoms in total. The van der Waals surface area contributed by atoms with E-state index in [0.717, 1.165) is 21.0 Å². The first-order valence-corrected chi connectivity index (χ1v) is 10.4. The highest BCUT2D eigenvalue weighted by molar-refractivity contribution is 7.17. The van der Waals surface area contributed by atoms with Crippen LogP contribution in [0.15, 0.2) is 71.7 Å². The molecular formula is C23H19N3O4S. The predicted molar refractivity (Wildman–Crippen MR) is 122 cm³/mol. The summed E-state index contributed by atoms with van der Waals surface area (Å²) in [4.78, 5) is 27.9. The van der Waals surface area contributed by atoms with Crippen LogP contribution in [0.3, 0.4) is 0 Å². The van der Waals surface area contributed by atoms with Crippen LogP contribution in [0.25, 0.3) is 27.1 Å². The van der Waals surface area contributed by atoms with E-state index < -0.39 is 10.8 Å². The summed E-state index contributed by atoms with van der Waals surface area (Å²) in [7, 11) is 1.63. The number of nitrogens with zero attached hydrogens (tertiary/aromatic N) is 3. The molecule has 0 saturated carbocycles. The van der Waals surface area contributed by atoms with Gasteiger partial charge in [-0.2, -0.15) is 4.99 Å². The standard InChI is InChI=1S/C23H19N3O4S/c1-30-14-13-25-20-11-10-17-6-2-3-8-19(17)22(20)31-23(25)24-21(27)12-9-16-5-4-7-18(15-16)26(28)29/h2-12,15H,13-14H2,1H3/b12-9+,24-23?. The summed E-state index contributed by atoms with van der Waals surface area (Å²) in [6, 6.07) is 18.3. The van der Waals surface area contributed by atoms with Gasteiger partial charge in [0.25, 0.3) is 11.6 Å². The summed E-state index contributed by atoms with van der Waals surface area (Å²) in [5.74, 6) is -0.437. The number of amides is 1. The number of nitro groups is 1. The highest BCUT2D eigenvalue weighted by atomic mass is 32.1. The Hall–Kier alpha value is -3.62. The molecule has 1 heterocycles. The molecular weight excluding hydrogens is 414 g/mol. The lowest BCUT2D eigenvalue weighted by molar-refractivity contribution is -0.384. The van der Waals surface area contributed by atoms with Crippen molar-refractivity contribution >= 4 is 50.0 Å². The average Bonchev–Trinajstić information content (AvgIpc) is 3.13. The Kier molecular flexibility index (Phi) is 6.01. The van der Waals surface area contributed by atoms with Gasteiger partial charge < -0.3 is 9.30 Å². The van der Waals surface area contributed by atoms with Crippen molar-refractivity contribution in [2.24, 2.45) is 4.99 Å². The fraction of sp³-hybridized carbons (Fsp3) is 0.130. The van der Waals surface area contributed by atoms with Crippen LogP contribution in [-0.4, -0.2) is 29.1 Å². The van der Waals surface area contributed by atoms with Crippen molar-refractivity contribution in [3.8, 4) is 0 Å². The van der Waals surface area contributed by atoms with Crippen LogP contribution in [0.4, 0.5) is 5.69 Å². The molecule has 3 aromatic carbocycles. The van der Waals surface area contributed by atoms with Gasteiger partial charge in [-0.25, -0.2) is 0 Å². The van der Waals surface area contributed by atoms with Crippen LogP contribution in [0.2, 0.25) is 0 Å².